The second kappa shape index (κ2) is 9.97. The maximum absolute atomic E-state index is 13.5. The molecule has 4 aromatic rings. The first kappa shape index (κ1) is 25.0. The summed E-state index contributed by atoms with van der Waals surface area (Å²) in [6.45, 7) is 11.5. The summed E-state index contributed by atoms with van der Waals surface area (Å²) in [7, 11) is 1.68. The van der Waals surface area contributed by atoms with Crippen LogP contribution in [-0.4, -0.2) is 63.4 Å². The molecule has 1 fully saturated rings. The number of pyridine rings is 1. The summed E-state index contributed by atoms with van der Waals surface area (Å²) < 4.78 is 7.16. The molecule has 1 aliphatic heterocycles. The monoisotopic (exact) mass is 501 g/mol. The Bertz CT molecular complexity index is 1430. The molecule has 0 unspecified atom stereocenters. The Morgan fingerprint density at radius 2 is 1.76 bits per heavy atom. The van der Waals surface area contributed by atoms with Gasteiger partial charge in [-0.15, -0.1) is 5.10 Å². The highest BCUT2D eigenvalue weighted by Crippen LogP contribution is 2.31. The first-order valence-corrected chi connectivity index (χ1v) is 12.9. The number of nitrogens with one attached hydrogen (secondary N) is 1. The van der Waals surface area contributed by atoms with Crippen LogP contribution in [0.2, 0.25) is 0 Å². The number of tetrazole rings is 1. The number of hydrogen-bond acceptors (Lipinski definition) is 7. The average molecular weight is 502 g/mol. The largest absolute Gasteiger partial charge is 0.497 e. The Hall–Kier alpha value is -3.72. The Balaban J connectivity index is 1.53. The van der Waals surface area contributed by atoms with Gasteiger partial charge in [-0.05, 0) is 91.0 Å². The number of aromatic nitrogens is 5. The van der Waals surface area contributed by atoms with Crippen molar-refractivity contribution in [1.82, 2.24) is 30.1 Å². The Labute approximate surface area is 217 Å². The molecule has 0 amide bonds. The number of aromatic amines is 1. The van der Waals surface area contributed by atoms with Crippen LogP contribution in [0.25, 0.3) is 10.9 Å². The number of benzene rings is 2. The van der Waals surface area contributed by atoms with Crippen molar-refractivity contribution in [2.45, 2.75) is 45.7 Å². The van der Waals surface area contributed by atoms with Gasteiger partial charge >= 0.3 is 0 Å². The average Bonchev–Trinajstić information content (AvgIpc) is 3.40. The first-order chi connectivity index (χ1) is 17.8. The van der Waals surface area contributed by atoms with Crippen LogP contribution in [0.3, 0.4) is 0 Å². The zero-order chi connectivity index (χ0) is 26.2. The van der Waals surface area contributed by atoms with Gasteiger partial charge in [-0.1, -0.05) is 13.0 Å². The number of H-pyrrole nitrogens is 1. The van der Waals surface area contributed by atoms with Gasteiger partial charge in [0.1, 0.15) is 11.8 Å². The molecule has 1 saturated heterocycles. The predicted octanol–water partition coefficient (Wildman–Crippen LogP) is 3.75. The lowest BCUT2D eigenvalue weighted by molar-refractivity contribution is 0.190. The van der Waals surface area contributed by atoms with Gasteiger partial charge in [0.25, 0.3) is 5.56 Å². The number of ether oxygens (including phenoxy) is 1. The molecule has 0 saturated carbocycles. The van der Waals surface area contributed by atoms with Gasteiger partial charge in [0.15, 0.2) is 5.82 Å². The van der Waals surface area contributed by atoms with Crippen molar-refractivity contribution in [2.24, 2.45) is 0 Å². The van der Waals surface area contributed by atoms with Crippen molar-refractivity contribution in [3.8, 4) is 5.75 Å². The summed E-state index contributed by atoms with van der Waals surface area (Å²) in [6, 6.07) is 16.0. The summed E-state index contributed by atoms with van der Waals surface area (Å²) in [4.78, 5) is 21.3. The van der Waals surface area contributed by atoms with Crippen molar-refractivity contribution >= 4 is 16.6 Å². The van der Waals surface area contributed by atoms with Crippen LogP contribution < -0.4 is 15.2 Å². The molecule has 1 aliphatic rings. The van der Waals surface area contributed by atoms with Gasteiger partial charge in [0, 0.05) is 42.9 Å². The van der Waals surface area contributed by atoms with Crippen molar-refractivity contribution in [2.75, 3.05) is 38.2 Å². The highest BCUT2D eigenvalue weighted by atomic mass is 16.5. The van der Waals surface area contributed by atoms with Crippen LogP contribution in [-0.2, 0) is 12.0 Å². The van der Waals surface area contributed by atoms with Crippen molar-refractivity contribution in [3.63, 3.8) is 0 Å². The third-order valence-electron chi connectivity index (χ3n) is 7.13. The van der Waals surface area contributed by atoms with Crippen LogP contribution in [0.1, 0.15) is 50.7 Å². The van der Waals surface area contributed by atoms with Crippen LogP contribution in [0.15, 0.2) is 53.3 Å². The quantitative estimate of drug-likeness (QED) is 0.430. The summed E-state index contributed by atoms with van der Waals surface area (Å²) >= 11 is 0. The van der Waals surface area contributed by atoms with E-state index in [9.17, 15) is 4.79 Å². The van der Waals surface area contributed by atoms with Crippen LogP contribution in [0.5, 0.6) is 5.75 Å². The van der Waals surface area contributed by atoms with Crippen molar-refractivity contribution in [3.05, 3.63) is 75.8 Å². The molecular weight excluding hydrogens is 466 g/mol. The van der Waals surface area contributed by atoms with Gasteiger partial charge in [0.05, 0.1) is 12.6 Å². The highest BCUT2D eigenvalue weighted by molar-refractivity contribution is 5.80. The number of rotatable bonds is 6. The lowest BCUT2D eigenvalue weighted by atomic mass is 10.00. The van der Waals surface area contributed by atoms with Crippen LogP contribution >= 0.6 is 0 Å². The third kappa shape index (κ3) is 4.96. The summed E-state index contributed by atoms with van der Waals surface area (Å²) in [5.41, 5.74) is 3.45. The fourth-order valence-electron chi connectivity index (χ4n) is 5.07. The summed E-state index contributed by atoms with van der Waals surface area (Å²) in [5, 5.41) is 13.8. The maximum atomic E-state index is 13.5. The molecule has 0 spiro atoms. The zero-order valence-electron chi connectivity index (χ0n) is 22.2. The first-order valence-electron chi connectivity index (χ1n) is 12.9. The molecule has 194 valence electrons. The fourth-order valence-corrected chi connectivity index (χ4v) is 5.07. The second-order valence-electron chi connectivity index (χ2n) is 10.6. The van der Waals surface area contributed by atoms with Gasteiger partial charge in [-0.25, -0.2) is 4.68 Å². The van der Waals surface area contributed by atoms with E-state index in [2.05, 4.69) is 82.3 Å². The minimum Gasteiger partial charge on any atom is -0.497 e. The molecule has 1 N–H and O–H groups in total. The molecule has 9 nitrogen and oxygen atoms in total. The minimum absolute atomic E-state index is 0.109. The van der Waals surface area contributed by atoms with E-state index in [4.69, 9.17) is 4.74 Å². The van der Waals surface area contributed by atoms with Crippen LogP contribution in [0, 0.1) is 0 Å². The molecule has 1 atom stereocenters. The summed E-state index contributed by atoms with van der Waals surface area (Å²) in [5.74, 6) is 1.53. The molecule has 5 rings (SSSR count). The number of piperazine rings is 1. The van der Waals surface area contributed by atoms with E-state index in [0.717, 1.165) is 54.9 Å². The lowest BCUT2D eigenvalue weighted by Crippen LogP contribution is -2.49. The standard InChI is InChI=1S/C28H35N7O2/c1-6-19-7-12-24-20(17-19)18-23(27(36)29-24)25(26-30-31-32-35(26)28(2,3)4)34-15-13-33(14-16-34)21-8-10-22(37-5)11-9-21/h7-12,17-18,25H,6,13-16H2,1-5H3,(H,29,36)/t25-/m0/s1. The van der Waals surface area contributed by atoms with Gasteiger partial charge in [-0.3, -0.25) is 9.69 Å². The normalized spacial score (nSPS) is 15.8. The topological polar surface area (TPSA) is 92.2 Å². The zero-order valence-corrected chi connectivity index (χ0v) is 22.2. The highest BCUT2D eigenvalue weighted by Gasteiger charge is 2.35. The molecule has 0 radical (unpaired) electrons. The number of fused-ring (bicyclic) bond motifs is 1. The maximum Gasteiger partial charge on any atom is 0.253 e. The van der Waals surface area contributed by atoms with E-state index in [1.807, 2.05) is 28.9 Å². The molecule has 0 bridgehead atoms. The summed E-state index contributed by atoms with van der Waals surface area (Å²) in [6.07, 6.45) is 0.934. The molecule has 9 heteroatoms. The Kier molecular flexibility index (Phi) is 6.72. The van der Waals surface area contributed by atoms with Crippen molar-refractivity contribution in [1.29, 1.82) is 0 Å². The molecule has 3 heterocycles. The van der Waals surface area contributed by atoms with Crippen molar-refractivity contribution < 1.29 is 4.74 Å². The van der Waals surface area contributed by atoms with E-state index in [-0.39, 0.29) is 17.1 Å². The van der Waals surface area contributed by atoms with E-state index in [1.165, 1.54) is 5.56 Å². The Morgan fingerprint density at radius 3 is 2.41 bits per heavy atom. The number of nitrogens with zero attached hydrogens (tertiary/aromatic N) is 6. The number of hydrogen-bond donors (Lipinski definition) is 1. The molecular formula is C28H35N7O2. The predicted molar refractivity (Wildman–Crippen MR) is 145 cm³/mol. The molecule has 37 heavy (non-hydrogen) atoms. The van der Waals surface area contributed by atoms with Crippen LogP contribution in [0.4, 0.5) is 5.69 Å². The smallest absolute Gasteiger partial charge is 0.253 e. The fraction of sp³-hybridized carbons (Fsp3) is 0.429. The number of anilines is 1. The third-order valence-corrected chi connectivity index (χ3v) is 7.13. The molecule has 2 aromatic carbocycles. The number of methoxy groups -OCH3 is 1. The number of aryl methyl sites for hydroxylation is 1. The van der Waals surface area contributed by atoms with Gasteiger partial charge in [-0.2, -0.15) is 0 Å². The second-order valence-corrected chi connectivity index (χ2v) is 10.6. The van der Waals surface area contributed by atoms with E-state index in [0.29, 0.717) is 11.4 Å². The Morgan fingerprint density at radius 1 is 1.03 bits per heavy atom. The van der Waals surface area contributed by atoms with E-state index < -0.39 is 0 Å². The minimum atomic E-state index is -0.370. The molecule has 2 aromatic heterocycles. The lowest BCUT2D eigenvalue weighted by Gasteiger charge is -2.40. The van der Waals surface area contributed by atoms with Gasteiger partial charge in [0.2, 0.25) is 0 Å². The van der Waals surface area contributed by atoms with E-state index >= 15 is 0 Å². The van der Waals surface area contributed by atoms with E-state index in [1.54, 1.807) is 7.11 Å². The molecule has 0 aliphatic carbocycles. The van der Waals surface area contributed by atoms with Gasteiger partial charge < -0.3 is 14.6 Å². The SMILES string of the molecule is CCc1ccc2[nH]c(=O)c([C@@H](c3nnnn3C(C)(C)C)N3CCN(c4ccc(OC)cc4)CC3)cc2c1.